The van der Waals surface area contributed by atoms with E-state index in [1.165, 1.54) is 0 Å². The topological polar surface area (TPSA) is 78.2 Å². The van der Waals surface area contributed by atoms with Gasteiger partial charge in [0, 0.05) is 37.7 Å². The van der Waals surface area contributed by atoms with Crippen molar-refractivity contribution in [1.82, 2.24) is 19.4 Å². The Morgan fingerprint density at radius 3 is 2.60 bits per heavy atom. The number of imidazole rings is 1. The van der Waals surface area contributed by atoms with Crippen LogP contribution in [0.25, 0.3) is 0 Å². The number of benzene rings is 1. The van der Waals surface area contributed by atoms with Crippen LogP contribution in [0.1, 0.15) is 51.0 Å². The van der Waals surface area contributed by atoms with Crippen LogP contribution in [0.5, 0.6) is 0 Å². The van der Waals surface area contributed by atoms with Crippen LogP contribution in [0, 0.1) is 13.8 Å². The Morgan fingerprint density at radius 2 is 1.93 bits per heavy atom. The van der Waals surface area contributed by atoms with Crippen molar-refractivity contribution in [2.45, 2.75) is 40.3 Å². The minimum Gasteiger partial charge on any atom is -0.461 e. The second-order valence-corrected chi connectivity index (χ2v) is 7.14. The highest BCUT2D eigenvalue weighted by atomic mass is 16.5. The molecule has 2 heterocycles. The Labute approximate surface area is 176 Å². The number of aromatic nitrogens is 3. The van der Waals surface area contributed by atoms with Gasteiger partial charge in [0.25, 0.3) is 5.91 Å². The van der Waals surface area contributed by atoms with E-state index in [9.17, 15) is 9.59 Å². The minimum atomic E-state index is -0.409. The Morgan fingerprint density at radius 1 is 1.17 bits per heavy atom. The van der Waals surface area contributed by atoms with Crippen molar-refractivity contribution in [1.29, 1.82) is 0 Å². The highest BCUT2D eigenvalue weighted by Gasteiger charge is 2.27. The molecule has 1 amide bonds. The van der Waals surface area contributed by atoms with Gasteiger partial charge in [-0.25, -0.2) is 9.78 Å². The predicted octanol–water partition coefficient (Wildman–Crippen LogP) is 3.35. The van der Waals surface area contributed by atoms with Crippen LogP contribution in [0.4, 0.5) is 0 Å². The number of carbonyl (C=O) groups excluding carboxylic acids is 2. The fourth-order valence-electron chi connectivity index (χ4n) is 3.63. The van der Waals surface area contributed by atoms with Crippen molar-refractivity contribution in [3.05, 3.63) is 77.1 Å². The van der Waals surface area contributed by atoms with Gasteiger partial charge in [-0.2, -0.15) is 0 Å². The molecule has 0 atom stereocenters. The largest absolute Gasteiger partial charge is 0.461 e. The van der Waals surface area contributed by atoms with E-state index < -0.39 is 5.97 Å². The van der Waals surface area contributed by atoms with Crippen molar-refractivity contribution in [3.63, 3.8) is 0 Å². The average Bonchev–Trinajstić information content (AvgIpc) is 3.33. The molecule has 0 saturated carbocycles. The van der Waals surface area contributed by atoms with Crippen LogP contribution in [0.15, 0.2) is 49.1 Å². The van der Waals surface area contributed by atoms with E-state index in [0.717, 1.165) is 24.2 Å². The van der Waals surface area contributed by atoms with Gasteiger partial charge < -0.3 is 19.2 Å². The molecule has 7 heteroatoms. The zero-order valence-electron chi connectivity index (χ0n) is 17.7. The molecule has 0 saturated heterocycles. The molecule has 0 unspecified atom stereocenters. The molecule has 1 aromatic carbocycles. The first-order valence-corrected chi connectivity index (χ1v) is 10.2. The normalized spacial score (nSPS) is 10.8. The molecule has 158 valence electrons. The third-order valence-electron chi connectivity index (χ3n) is 5.08. The van der Waals surface area contributed by atoms with Crippen molar-refractivity contribution >= 4 is 11.9 Å². The van der Waals surface area contributed by atoms with Gasteiger partial charge in [-0.3, -0.25) is 4.79 Å². The Kier molecular flexibility index (Phi) is 7.06. The van der Waals surface area contributed by atoms with Gasteiger partial charge in [0.2, 0.25) is 0 Å². The summed E-state index contributed by atoms with van der Waals surface area (Å²) in [7, 11) is 0. The molecule has 0 aliphatic carbocycles. The van der Waals surface area contributed by atoms with Crippen molar-refractivity contribution < 1.29 is 14.3 Å². The van der Waals surface area contributed by atoms with E-state index in [1.54, 1.807) is 26.4 Å². The van der Waals surface area contributed by atoms with Crippen LogP contribution in [0.2, 0.25) is 0 Å². The molecule has 0 aliphatic rings. The molecule has 0 radical (unpaired) electrons. The maximum Gasteiger partial charge on any atom is 0.355 e. The first-order valence-electron chi connectivity index (χ1n) is 10.2. The molecule has 0 aliphatic heterocycles. The molecular formula is C23H28N4O3. The summed E-state index contributed by atoms with van der Waals surface area (Å²) in [5.41, 5.74) is 3.42. The van der Waals surface area contributed by atoms with E-state index in [4.69, 9.17) is 4.74 Å². The van der Waals surface area contributed by atoms with Gasteiger partial charge in [0.05, 0.1) is 18.5 Å². The predicted molar refractivity (Wildman–Crippen MR) is 115 cm³/mol. The zero-order valence-corrected chi connectivity index (χ0v) is 17.7. The molecule has 0 fully saturated rings. The SMILES string of the molecule is CCOC(=O)c1c(C)c(C(=O)NCCCn2ccnc2)c(C)n1Cc1ccccc1. The molecule has 2 aromatic heterocycles. The first kappa shape index (κ1) is 21.4. The van der Waals surface area contributed by atoms with Crippen LogP contribution < -0.4 is 5.32 Å². The van der Waals surface area contributed by atoms with E-state index in [2.05, 4.69) is 10.3 Å². The van der Waals surface area contributed by atoms with Crippen LogP contribution in [-0.4, -0.2) is 39.1 Å². The highest BCUT2D eigenvalue weighted by molar-refractivity contribution is 6.01. The number of amides is 1. The number of hydrogen-bond donors (Lipinski definition) is 1. The van der Waals surface area contributed by atoms with Gasteiger partial charge in [-0.1, -0.05) is 30.3 Å². The summed E-state index contributed by atoms with van der Waals surface area (Å²) in [6.07, 6.45) is 6.17. The van der Waals surface area contributed by atoms with Crippen LogP contribution in [-0.2, 0) is 17.8 Å². The molecule has 30 heavy (non-hydrogen) atoms. The van der Waals surface area contributed by atoms with Gasteiger partial charge in [0.1, 0.15) is 5.69 Å². The van der Waals surface area contributed by atoms with Crippen molar-refractivity contribution in [2.24, 2.45) is 0 Å². The monoisotopic (exact) mass is 408 g/mol. The molecule has 1 N–H and O–H groups in total. The van der Waals surface area contributed by atoms with Crippen molar-refractivity contribution in [2.75, 3.05) is 13.2 Å². The molecule has 0 bridgehead atoms. The molecular weight excluding hydrogens is 380 g/mol. The fraction of sp³-hybridized carbons (Fsp3) is 0.348. The second-order valence-electron chi connectivity index (χ2n) is 7.14. The summed E-state index contributed by atoms with van der Waals surface area (Å²) in [5, 5.41) is 2.98. The van der Waals surface area contributed by atoms with E-state index in [-0.39, 0.29) is 12.5 Å². The average molecular weight is 409 g/mol. The van der Waals surface area contributed by atoms with Gasteiger partial charge in [-0.05, 0) is 38.3 Å². The number of carbonyl (C=O) groups is 2. The first-order chi connectivity index (χ1) is 14.5. The van der Waals surface area contributed by atoms with Gasteiger partial charge in [-0.15, -0.1) is 0 Å². The third kappa shape index (κ3) is 4.79. The number of nitrogens with one attached hydrogen (secondary N) is 1. The number of hydrogen-bond acceptors (Lipinski definition) is 4. The number of rotatable bonds is 9. The second kappa shape index (κ2) is 9.91. The Balaban J connectivity index is 1.81. The van der Waals surface area contributed by atoms with Gasteiger partial charge >= 0.3 is 5.97 Å². The quantitative estimate of drug-likeness (QED) is 0.435. The summed E-state index contributed by atoms with van der Waals surface area (Å²) < 4.78 is 9.12. The zero-order chi connectivity index (χ0) is 21.5. The van der Waals surface area contributed by atoms with Crippen LogP contribution >= 0.6 is 0 Å². The highest BCUT2D eigenvalue weighted by Crippen LogP contribution is 2.24. The fourth-order valence-corrected chi connectivity index (χ4v) is 3.63. The number of esters is 1. The molecule has 3 aromatic rings. The number of aryl methyl sites for hydroxylation is 1. The lowest BCUT2D eigenvalue weighted by Gasteiger charge is -2.12. The standard InChI is InChI=1S/C23H28N4O3/c1-4-30-23(29)21-17(2)20(18(3)27(21)15-19-9-6-5-7-10-19)22(28)25-11-8-13-26-14-12-24-16-26/h5-7,9-10,12,14,16H,4,8,11,13,15H2,1-3H3,(H,25,28). The summed E-state index contributed by atoms with van der Waals surface area (Å²) >= 11 is 0. The summed E-state index contributed by atoms with van der Waals surface area (Å²) in [6, 6.07) is 9.86. The maximum atomic E-state index is 13.0. The lowest BCUT2D eigenvalue weighted by molar-refractivity contribution is 0.0513. The Hall–Kier alpha value is -3.35. The summed E-state index contributed by atoms with van der Waals surface area (Å²) in [5.74, 6) is -0.582. The summed E-state index contributed by atoms with van der Waals surface area (Å²) in [6.45, 7) is 7.55. The van der Waals surface area contributed by atoms with E-state index >= 15 is 0 Å². The van der Waals surface area contributed by atoms with E-state index in [1.807, 2.05) is 52.6 Å². The minimum absolute atomic E-state index is 0.173. The molecule has 0 spiro atoms. The summed E-state index contributed by atoms with van der Waals surface area (Å²) in [4.78, 5) is 29.6. The van der Waals surface area contributed by atoms with Crippen LogP contribution in [0.3, 0.4) is 0 Å². The van der Waals surface area contributed by atoms with Gasteiger partial charge in [0.15, 0.2) is 0 Å². The number of nitrogens with zero attached hydrogens (tertiary/aromatic N) is 3. The molecule has 3 rings (SSSR count). The maximum absolute atomic E-state index is 13.0. The Bertz CT molecular complexity index is 991. The molecule has 7 nitrogen and oxygen atoms in total. The third-order valence-corrected chi connectivity index (χ3v) is 5.08. The lowest BCUT2D eigenvalue weighted by atomic mass is 10.1. The van der Waals surface area contributed by atoms with Crippen molar-refractivity contribution in [3.8, 4) is 0 Å². The lowest BCUT2D eigenvalue weighted by Crippen LogP contribution is -2.26. The van der Waals surface area contributed by atoms with E-state index in [0.29, 0.717) is 29.9 Å². The smallest absolute Gasteiger partial charge is 0.355 e. The number of ether oxygens (including phenoxy) is 1.